The molecule has 0 amide bonds. The van der Waals surface area contributed by atoms with E-state index in [1.807, 2.05) is 12.1 Å². The molecule has 3 rings (SSSR count). The molecule has 1 aromatic carbocycles. The van der Waals surface area contributed by atoms with Crippen molar-refractivity contribution in [3.05, 3.63) is 23.8 Å². The Morgan fingerprint density at radius 1 is 1.32 bits per heavy atom. The Morgan fingerprint density at radius 2 is 2.09 bits per heavy atom. The zero-order chi connectivity index (χ0) is 15.5. The topological polar surface area (TPSA) is 44.7 Å². The minimum absolute atomic E-state index is 0.363. The molecule has 0 aromatic heterocycles. The highest BCUT2D eigenvalue weighted by Crippen LogP contribution is 2.37. The molecule has 0 spiro atoms. The molecule has 0 aliphatic carbocycles. The van der Waals surface area contributed by atoms with Gasteiger partial charge in [0.1, 0.15) is 12.4 Å². The Morgan fingerprint density at radius 3 is 2.82 bits per heavy atom. The normalized spacial score (nSPS) is 20.6. The first-order valence-electron chi connectivity index (χ1n) is 8.55. The molecule has 2 aliphatic rings. The van der Waals surface area contributed by atoms with Gasteiger partial charge >= 0.3 is 0 Å². The summed E-state index contributed by atoms with van der Waals surface area (Å²) in [6, 6.07) is 6.20. The number of hydrogen-bond acceptors (Lipinski definition) is 4. The van der Waals surface area contributed by atoms with Gasteiger partial charge in [-0.3, -0.25) is 0 Å². The van der Waals surface area contributed by atoms with Gasteiger partial charge in [0, 0.05) is 6.54 Å². The largest absolute Gasteiger partial charge is 0.490 e. The molecular formula is C18H28N2O2. The predicted octanol–water partition coefficient (Wildman–Crippen LogP) is 2.57. The number of aliphatic hydroxyl groups is 1. The molecule has 1 unspecified atom stereocenters. The predicted molar refractivity (Wildman–Crippen MR) is 89.5 cm³/mol. The van der Waals surface area contributed by atoms with Gasteiger partial charge in [-0.15, -0.1) is 0 Å². The fourth-order valence-electron chi connectivity index (χ4n) is 3.54. The van der Waals surface area contributed by atoms with Gasteiger partial charge < -0.3 is 20.1 Å². The van der Waals surface area contributed by atoms with Crippen LogP contribution in [0.3, 0.4) is 0 Å². The second kappa shape index (κ2) is 6.88. The smallest absolute Gasteiger partial charge is 0.142 e. The van der Waals surface area contributed by atoms with Crippen LogP contribution in [-0.4, -0.2) is 37.9 Å². The van der Waals surface area contributed by atoms with Crippen molar-refractivity contribution in [3.63, 3.8) is 0 Å². The van der Waals surface area contributed by atoms with Gasteiger partial charge in [-0.1, -0.05) is 19.9 Å². The van der Waals surface area contributed by atoms with Crippen LogP contribution in [0, 0.1) is 11.8 Å². The van der Waals surface area contributed by atoms with Gasteiger partial charge in [0.15, 0.2) is 0 Å². The number of rotatable bonds is 4. The SMILES string of the molecule is CC(C)CN1CCOc2ccc(C(O)C3CCNCC3)cc21. The number of ether oxygens (including phenoxy) is 1. The zero-order valence-corrected chi connectivity index (χ0v) is 13.7. The molecule has 4 nitrogen and oxygen atoms in total. The maximum atomic E-state index is 10.7. The first-order chi connectivity index (χ1) is 10.6. The van der Waals surface area contributed by atoms with E-state index in [2.05, 4.69) is 30.1 Å². The van der Waals surface area contributed by atoms with Crippen molar-refractivity contribution < 1.29 is 9.84 Å². The lowest BCUT2D eigenvalue weighted by atomic mass is 9.88. The van der Waals surface area contributed by atoms with E-state index in [0.29, 0.717) is 11.8 Å². The summed E-state index contributed by atoms with van der Waals surface area (Å²) in [7, 11) is 0. The lowest BCUT2D eigenvalue weighted by molar-refractivity contribution is 0.0889. The summed E-state index contributed by atoms with van der Waals surface area (Å²) >= 11 is 0. The maximum Gasteiger partial charge on any atom is 0.142 e. The van der Waals surface area contributed by atoms with Crippen molar-refractivity contribution >= 4 is 5.69 Å². The highest BCUT2D eigenvalue weighted by molar-refractivity contribution is 5.61. The van der Waals surface area contributed by atoms with E-state index in [9.17, 15) is 5.11 Å². The lowest BCUT2D eigenvalue weighted by Gasteiger charge is -2.34. The number of nitrogens with zero attached hydrogens (tertiary/aromatic N) is 1. The number of benzene rings is 1. The van der Waals surface area contributed by atoms with E-state index in [1.165, 1.54) is 0 Å². The number of aliphatic hydroxyl groups excluding tert-OH is 1. The number of fused-ring (bicyclic) bond motifs is 1. The molecule has 4 heteroatoms. The van der Waals surface area contributed by atoms with Gasteiger partial charge in [0.2, 0.25) is 0 Å². The lowest BCUT2D eigenvalue weighted by Crippen LogP contribution is -2.35. The summed E-state index contributed by atoms with van der Waals surface area (Å²) in [4.78, 5) is 2.39. The van der Waals surface area contributed by atoms with Crippen LogP contribution in [0.1, 0.15) is 38.4 Å². The zero-order valence-electron chi connectivity index (χ0n) is 13.7. The summed E-state index contributed by atoms with van der Waals surface area (Å²) < 4.78 is 5.78. The fraction of sp³-hybridized carbons (Fsp3) is 0.667. The van der Waals surface area contributed by atoms with E-state index in [-0.39, 0.29) is 6.10 Å². The second-order valence-corrected chi connectivity index (χ2v) is 6.95. The highest BCUT2D eigenvalue weighted by atomic mass is 16.5. The van der Waals surface area contributed by atoms with E-state index in [4.69, 9.17) is 4.74 Å². The van der Waals surface area contributed by atoms with E-state index < -0.39 is 0 Å². The van der Waals surface area contributed by atoms with E-state index in [1.54, 1.807) is 0 Å². The van der Waals surface area contributed by atoms with Gasteiger partial charge in [-0.05, 0) is 55.5 Å². The summed E-state index contributed by atoms with van der Waals surface area (Å²) in [6.45, 7) is 9.20. The Balaban J connectivity index is 1.81. The number of nitrogens with one attached hydrogen (secondary N) is 1. The quantitative estimate of drug-likeness (QED) is 0.897. The third kappa shape index (κ3) is 3.39. The van der Waals surface area contributed by atoms with Crippen LogP contribution in [0.15, 0.2) is 18.2 Å². The minimum Gasteiger partial charge on any atom is -0.490 e. The van der Waals surface area contributed by atoms with Crippen LogP contribution in [0.5, 0.6) is 5.75 Å². The van der Waals surface area contributed by atoms with Gasteiger partial charge in [-0.2, -0.15) is 0 Å². The number of hydrogen-bond donors (Lipinski definition) is 2. The van der Waals surface area contributed by atoms with Gasteiger partial charge in [-0.25, -0.2) is 0 Å². The molecule has 122 valence electrons. The van der Waals surface area contributed by atoms with Crippen LogP contribution in [0.25, 0.3) is 0 Å². The average molecular weight is 304 g/mol. The molecular weight excluding hydrogens is 276 g/mol. The average Bonchev–Trinajstić information content (AvgIpc) is 2.54. The van der Waals surface area contributed by atoms with Crippen molar-refractivity contribution in [3.8, 4) is 5.75 Å². The Hall–Kier alpha value is -1.26. The van der Waals surface area contributed by atoms with Gasteiger partial charge in [0.25, 0.3) is 0 Å². The third-order valence-corrected chi connectivity index (χ3v) is 4.70. The van der Waals surface area contributed by atoms with Crippen molar-refractivity contribution in [2.45, 2.75) is 32.8 Å². The van der Waals surface area contributed by atoms with Crippen LogP contribution in [0.4, 0.5) is 5.69 Å². The summed E-state index contributed by atoms with van der Waals surface area (Å²) in [6.07, 6.45) is 1.73. The molecule has 1 saturated heterocycles. The van der Waals surface area contributed by atoms with E-state index >= 15 is 0 Å². The molecule has 0 bridgehead atoms. The van der Waals surface area contributed by atoms with Crippen molar-refractivity contribution in [1.82, 2.24) is 5.32 Å². The summed E-state index contributed by atoms with van der Waals surface area (Å²) in [5.74, 6) is 1.93. The van der Waals surface area contributed by atoms with Crippen molar-refractivity contribution in [1.29, 1.82) is 0 Å². The molecule has 2 heterocycles. The molecule has 1 fully saturated rings. The maximum absolute atomic E-state index is 10.7. The molecule has 2 aliphatic heterocycles. The Kier molecular flexibility index (Phi) is 4.89. The Bertz CT molecular complexity index is 498. The fourth-order valence-corrected chi connectivity index (χ4v) is 3.54. The molecule has 1 atom stereocenters. The molecule has 22 heavy (non-hydrogen) atoms. The standard InChI is InChI=1S/C18H28N2O2/c1-13(2)12-20-9-10-22-17-4-3-15(11-16(17)20)18(21)14-5-7-19-8-6-14/h3-4,11,13-14,18-19,21H,5-10,12H2,1-2H3. The van der Waals surface area contributed by atoms with Crippen LogP contribution < -0.4 is 15.0 Å². The van der Waals surface area contributed by atoms with Crippen molar-refractivity contribution in [2.24, 2.45) is 11.8 Å². The summed E-state index contributed by atoms with van der Waals surface area (Å²) in [5.41, 5.74) is 2.18. The van der Waals surface area contributed by atoms with E-state index in [0.717, 1.165) is 62.6 Å². The number of anilines is 1. The molecule has 1 aromatic rings. The van der Waals surface area contributed by atoms with Crippen LogP contribution in [0.2, 0.25) is 0 Å². The van der Waals surface area contributed by atoms with Crippen LogP contribution >= 0.6 is 0 Å². The number of piperidine rings is 1. The highest BCUT2D eigenvalue weighted by Gasteiger charge is 2.25. The van der Waals surface area contributed by atoms with Gasteiger partial charge in [0.05, 0.1) is 18.3 Å². The third-order valence-electron chi connectivity index (χ3n) is 4.70. The molecule has 0 saturated carbocycles. The second-order valence-electron chi connectivity index (χ2n) is 6.95. The minimum atomic E-state index is -0.366. The first kappa shape index (κ1) is 15.6. The first-order valence-corrected chi connectivity index (χ1v) is 8.55. The summed E-state index contributed by atoms with van der Waals surface area (Å²) in [5, 5.41) is 14.1. The monoisotopic (exact) mass is 304 g/mol. The molecule has 0 radical (unpaired) electrons. The Labute approximate surface area is 133 Å². The van der Waals surface area contributed by atoms with Crippen LogP contribution in [-0.2, 0) is 0 Å². The molecule has 2 N–H and O–H groups in total. The van der Waals surface area contributed by atoms with Crippen molar-refractivity contribution in [2.75, 3.05) is 37.7 Å².